The Labute approximate surface area is 214 Å². The van der Waals surface area contributed by atoms with Gasteiger partial charge >= 0.3 is 0 Å². The van der Waals surface area contributed by atoms with Gasteiger partial charge in [-0.25, -0.2) is 0 Å². The molecule has 0 fully saturated rings. The summed E-state index contributed by atoms with van der Waals surface area (Å²) < 4.78 is 0.485. The lowest BCUT2D eigenvalue weighted by atomic mass is 10.1. The highest BCUT2D eigenvalue weighted by molar-refractivity contribution is 7.21. The molecule has 1 aromatic heterocycles. The quantitative estimate of drug-likeness (QED) is 0.183. The predicted molar refractivity (Wildman–Crippen MR) is 138 cm³/mol. The summed E-state index contributed by atoms with van der Waals surface area (Å²) in [6.45, 7) is 3.43. The van der Waals surface area contributed by atoms with E-state index in [0.29, 0.717) is 15.8 Å². The zero-order valence-corrected chi connectivity index (χ0v) is 20.7. The van der Waals surface area contributed by atoms with Crippen molar-refractivity contribution in [1.82, 2.24) is 4.90 Å². The van der Waals surface area contributed by atoms with E-state index in [1.807, 2.05) is 26.0 Å². The molecular weight excluding hydrogens is 502 g/mol. The van der Waals surface area contributed by atoms with Crippen molar-refractivity contribution < 1.29 is 19.3 Å². The zero-order chi connectivity index (χ0) is 25.7. The second kappa shape index (κ2) is 8.85. The summed E-state index contributed by atoms with van der Waals surface area (Å²) in [5.41, 5.74) is 2.72. The molecule has 0 bridgehead atoms. The summed E-state index contributed by atoms with van der Waals surface area (Å²) in [4.78, 5) is 53.3. The number of aryl methyl sites for hydroxylation is 2. The number of anilines is 1. The molecule has 180 valence electrons. The number of carbonyl (C=O) groups is 3. The molecule has 0 radical (unpaired) electrons. The van der Waals surface area contributed by atoms with E-state index in [0.717, 1.165) is 27.4 Å². The van der Waals surface area contributed by atoms with Gasteiger partial charge in [0.25, 0.3) is 23.4 Å². The summed E-state index contributed by atoms with van der Waals surface area (Å²) in [6, 6.07) is 16.2. The number of nitrogens with zero attached hydrogens (tertiary/aromatic N) is 3. The van der Waals surface area contributed by atoms with E-state index in [2.05, 4.69) is 0 Å². The Morgan fingerprint density at radius 1 is 1.03 bits per heavy atom. The molecule has 36 heavy (non-hydrogen) atoms. The van der Waals surface area contributed by atoms with Crippen molar-refractivity contribution >= 4 is 62.1 Å². The van der Waals surface area contributed by atoms with E-state index in [-0.39, 0.29) is 33.4 Å². The van der Waals surface area contributed by atoms with E-state index in [4.69, 9.17) is 11.6 Å². The molecule has 10 heteroatoms. The Balaban J connectivity index is 1.60. The van der Waals surface area contributed by atoms with Gasteiger partial charge in [0.2, 0.25) is 0 Å². The van der Waals surface area contributed by atoms with Crippen molar-refractivity contribution in [2.75, 3.05) is 11.6 Å². The number of carbonyl (C=O) groups excluding carboxylic acids is 3. The normalized spacial score (nSPS) is 12.8. The number of imide groups is 1. The highest BCUT2D eigenvalue weighted by Crippen LogP contribution is 2.39. The first-order valence-electron chi connectivity index (χ1n) is 10.9. The van der Waals surface area contributed by atoms with E-state index in [1.165, 1.54) is 23.1 Å². The van der Waals surface area contributed by atoms with Crippen LogP contribution in [0, 0.1) is 24.0 Å². The molecule has 1 aliphatic rings. The standard InChI is InChI=1S/C26H18ClN3O5S/c1-14-7-10-20(15(2)11-14)28(13-29-24(31)17-5-3-4-6-18(17)25(29)32)26(33)23-22(27)19-9-8-16(30(34)35)12-21(19)36-23/h3-12H,13H2,1-2H3. The van der Waals surface area contributed by atoms with Crippen molar-refractivity contribution in [2.24, 2.45) is 0 Å². The molecule has 0 unspecified atom stereocenters. The third-order valence-electron chi connectivity index (χ3n) is 6.07. The minimum Gasteiger partial charge on any atom is -0.289 e. The Bertz CT molecular complexity index is 1580. The monoisotopic (exact) mass is 519 g/mol. The summed E-state index contributed by atoms with van der Waals surface area (Å²) >= 11 is 7.60. The highest BCUT2D eigenvalue weighted by Gasteiger charge is 2.38. The fourth-order valence-corrected chi connectivity index (χ4v) is 5.79. The predicted octanol–water partition coefficient (Wildman–Crippen LogP) is 5.98. The van der Waals surface area contributed by atoms with E-state index in [9.17, 15) is 24.5 Å². The number of benzene rings is 3. The lowest BCUT2D eigenvalue weighted by Gasteiger charge is -2.28. The van der Waals surface area contributed by atoms with Gasteiger partial charge in [0, 0.05) is 27.9 Å². The van der Waals surface area contributed by atoms with Crippen molar-refractivity contribution in [2.45, 2.75) is 13.8 Å². The summed E-state index contributed by atoms with van der Waals surface area (Å²) in [7, 11) is 0. The average Bonchev–Trinajstić information content (AvgIpc) is 3.31. The maximum atomic E-state index is 13.9. The molecule has 3 amide bonds. The van der Waals surface area contributed by atoms with E-state index < -0.39 is 22.6 Å². The number of hydrogen-bond donors (Lipinski definition) is 0. The summed E-state index contributed by atoms with van der Waals surface area (Å²) in [6.07, 6.45) is 0. The number of thiophene rings is 1. The smallest absolute Gasteiger partial charge is 0.271 e. The number of nitro groups is 1. The fourth-order valence-electron chi connectivity index (χ4n) is 4.29. The van der Waals surface area contributed by atoms with Gasteiger partial charge < -0.3 is 0 Å². The minimum absolute atomic E-state index is 0.114. The molecule has 3 aromatic carbocycles. The van der Waals surface area contributed by atoms with Crippen molar-refractivity contribution in [3.8, 4) is 0 Å². The van der Waals surface area contributed by atoms with Crippen LogP contribution in [0.1, 0.15) is 41.5 Å². The second-order valence-corrected chi connectivity index (χ2v) is 9.86. The number of non-ortho nitro benzene ring substituents is 1. The van der Waals surface area contributed by atoms with E-state index in [1.54, 1.807) is 30.3 Å². The first kappa shape index (κ1) is 23.7. The maximum Gasteiger partial charge on any atom is 0.271 e. The summed E-state index contributed by atoms with van der Waals surface area (Å²) in [5, 5.41) is 11.9. The molecule has 0 saturated heterocycles. The van der Waals surface area contributed by atoms with Gasteiger partial charge in [-0.05, 0) is 43.7 Å². The SMILES string of the molecule is Cc1ccc(N(CN2C(=O)c3ccccc3C2=O)C(=O)c2sc3cc([N+](=O)[O-])ccc3c2Cl)c(C)c1. The molecule has 1 aliphatic heterocycles. The van der Waals surface area contributed by atoms with Crippen LogP contribution in [0.3, 0.4) is 0 Å². The number of amides is 3. The molecule has 5 rings (SSSR count). The Hall–Kier alpha value is -4.08. The molecule has 0 aliphatic carbocycles. The maximum absolute atomic E-state index is 13.9. The van der Waals surface area contributed by atoms with Crippen molar-refractivity contribution in [3.63, 3.8) is 0 Å². The van der Waals surface area contributed by atoms with Crippen LogP contribution < -0.4 is 4.90 Å². The first-order valence-corrected chi connectivity index (χ1v) is 12.1. The number of fused-ring (bicyclic) bond motifs is 2. The topological polar surface area (TPSA) is 101 Å². The number of nitro benzene ring substituents is 1. The van der Waals surface area contributed by atoms with Crippen molar-refractivity contribution in [3.05, 3.63) is 103 Å². The van der Waals surface area contributed by atoms with Crippen LogP contribution in [0.15, 0.2) is 60.7 Å². The molecule has 2 heterocycles. The summed E-state index contributed by atoms with van der Waals surface area (Å²) in [5.74, 6) is -1.50. The van der Waals surface area contributed by atoms with Crippen LogP contribution >= 0.6 is 22.9 Å². The lowest BCUT2D eigenvalue weighted by molar-refractivity contribution is -0.384. The van der Waals surface area contributed by atoms with Gasteiger partial charge in [-0.2, -0.15) is 0 Å². The van der Waals surface area contributed by atoms with Crippen LogP contribution in [0.4, 0.5) is 11.4 Å². The molecule has 8 nitrogen and oxygen atoms in total. The second-order valence-electron chi connectivity index (χ2n) is 8.43. The van der Waals surface area contributed by atoms with E-state index >= 15 is 0 Å². The number of rotatable bonds is 5. The van der Waals surface area contributed by atoms with Gasteiger partial charge in [-0.3, -0.25) is 34.3 Å². The van der Waals surface area contributed by atoms with Crippen molar-refractivity contribution in [1.29, 1.82) is 0 Å². The van der Waals surface area contributed by atoms with Crippen LogP contribution in [0.2, 0.25) is 5.02 Å². The Kier molecular flexibility index (Phi) is 5.82. The zero-order valence-electron chi connectivity index (χ0n) is 19.1. The number of hydrogen-bond acceptors (Lipinski definition) is 6. The molecule has 0 spiro atoms. The third-order valence-corrected chi connectivity index (χ3v) is 7.71. The Morgan fingerprint density at radius 2 is 1.69 bits per heavy atom. The van der Waals surface area contributed by atoms with Crippen LogP contribution in [-0.2, 0) is 0 Å². The first-order chi connectivity index (χ1) is 17.2. The van der Waals surface area contributed by atoms with Crippen LogP contribution in [-0.4, -0.2) is 34.2 Å². The molecule has 4 aromatic rings. The molecular formula is C26H18ClN3O5S. The van der Waals surface area contributed by atoms with Crippen LogP contribution in [0.5, 0.6) is 0 Å². The van der Waals surface area contributed by atoms with Gasteiger partial charge in [0.05, 0.1) is 21.1 Å². The Morgan fingerprint density at radius 3 is 2.31 bits per heavy atom. The molecule has 0 N–H and O–H groups in total. The van der Waals surface area contributed by atoms with Gasteiger partial charge in [-0.15, -0.1) is 11.3 Å². The minimum atomic E-state index is -0.521. The lowest BCUT2D eigenvalue weighted by Crippen LogP contribution is -2.44. The molecule has 0 saturated carbocycles. The molecule has 0 atom stereocenters. The van der Waals surface area contributed by atoms with Gasteiger partial charge in [0.1, 0.15) is 11.5 Å². The van der Waals surface area contributed by atoms with Gasteiger partial charge in [0.15, 0.2) is 0 Å². The van der Waals surface area contributed by atoms with Gasteiger partial charge in [-0.1, -0.05) is 41.4 Å². The highest BCUT2D eigenvalue weighted by atomic mass is 35.5. The fraction of sp³-hybridized carbons (Fsp3) is 0.115. The third kappa shape index (κ3) is 3.82. The number of halogens is 1. The van der Waals surface area contributed by atoms with Crippen LogP contribution in [0.25, 0.3) is 10.1 Å². The largest absolute Gasteiger partial charge is 0.289 e. The average molecular weight is 520 g/mol.